The highest BCUT2D eigenvalue weighted by atomic mass is 35.5. The third kappa shape index (κ3) is 10.1. The van der Waals surface area contributed by atoms with E-state index >= 15 is 0 Å². The molecule has 2 aromatic carbocycles. The van der Waals surface area contributed by atoms with Gasteiger partial charge in [0.1, 0.15) is 0 Å². The quantitative estimate of drug-likeness (QED) is 0.319. The Bertz CT molecular complexity index is 1180. The number of halogens is 3. The molecule has 1 atom stereocenters. The fraction of sp³-hybridized carbons (Fsp3) is 0.233. The van der Waals surface area contributed by atoms with E-state index in [1.807, 2.05) is 45.1 Å². The van der Waals surface area contributed by atoms with Gasteiger partial charge in [-0.2, -0.15) is 0 Å². The first-order valence-corrected chi connectivity index (χ1v) is 13.0. The van der Waals surface area contributed by atoms with E-state index in [9.17, 15) is 9.18 Å². The molecule has 1 N–H and O–H groups in total. The average molecular weight is 559 g/mol. The number of nitrogens with one attached hydrogen (secondary N) is 1. The third-order valence-electron chi connectivity index (χ3n) is 4.91. The number of pyridine rings is 1. The lowest BCUT2D eigenvalue weighted by Crippen LogP contribution is -2.12. The van der Waals surface area contributed by atoms with Crippen LogP contribution >= 0.6 is 23.2 Å². The van der Waals surface area contributed by atoms with Gasteiger partial charge in [0, 0.05) is 46.4 Å². The molecule has 2 heterocycles. The van der Waals surface area contributed by atoms with E-state index in [1.54, 1.807) is 56.1 Å². The van der Waals surface area contributed by atoms with Crippen molar-refractivity contribution in [1.82, 2.24) is 4.98 Å². The highest BCUT2D eigenvalue weighted by molar-refractivity contribution is 6.33. The topological polar surface area (TPSA) is 63.6 Å². The number of hydrogen-bond donors (Lipinski definition) is 1. The molecule has 38 heavy (non-hydrogen) atoms. The third-order valence-corrected chi connectivity index (χ3v) is 5.24. The number of methoxy groups -OCH3 is 1. The summed E-state index contributed by atoms with van der Waals surface area (Å²) in [5.41, 5.74) is 3.97. The summed E-state index contributed by atoms with van der Waals surface area (Å²) in [6.45, 7) is 5.89. The van der Waals surface area contributed by atoms with Crippen LogP contribution in [0, 0.1) is 0 Å². The molecule has 0 saturated heterocycles. The van der Waals surface area contributed by atoms with Gasteiger partial charge in [0.05, 0.1) is 26.2 Å². The minimum absolute atomic E-state index is 0.169. The maximum Gasteiger partial charge on any atom is 0.255 e. The smallest absolute Gasteiger partial charge is 0.255 e. The van der Waals surface area contributed by atoms with Crippen LogP contribution < -0.4 is 10.1 Å². The molecule has 0 radical (unpaired) electrons. The molecule has 0 spiro atoms. The highest BCUT2D eigenvalue weighted by Crippen LogP contribution is 2.31. The first kappa shape index (κ1) is 32.5. The van der Waals surface area contributed by atoms with Crippen LogP contribution in [0.2, 0.25) is 5.02 Å². The van der Waals surface area contributed by atoms with Crippen LogP contribution in [0.1, 0.15) is 42.6 Å². The number of amides is 1. The van der Waals surface area contributed by atoms with Gasteiger partial charge in [-0.05, 0) is 41.5 Å². The summed E-state index contributed by atoms with van der Waals surface area (Å²) in [4.78, 5) is 20.9. The van der Waals surface area contributed by atoms with E-state index in [-0.39, 0.29) is 11.8 Å². The van der Waals surface area contributed by atoms with Gasteiger partial charge in [0.2, 0.25) is 5.88 Å². The molecule has 0 saturated carbocycles. The molecule has 0 bridgehead atoms. The Labute approximate surface area is 235 Å². The Morgan fingerprint density at radius 2 is 1.74 bits per heavy atom. The molecule has 1 amide bonds. The highest BCUT2D eigenvalue weighted by Gasteiger charge is 2.12. The van der Waals surface area contributed by atoms with Crippen molar-refractivity contribution in [3.05, 3.63) is 101 Å². The molecular formula is C30H34Cl2FN3O2. The van der Waals surface area contributed by atoms with Crippen molar-refractivity contribution in [2.75, 3.05) is 25.5 Å². The standard InChI is InChI=1S/C25H20ClN3O2.C2H5Cl.C2H6.CH3F/c1-31-24-11-9-21(16-28-24)29-25(30)20-8-10-23(26)22(15-20)19-6-4-18(5-7-19)17-3-2-13-27-14-12-17;1-2-3;2*1-2/h2-17H,1H3,(H,29,30);2H2,1H3;1-2H3;1H3. The van der Waals surface area contributed by atoms with Crippen molar-refractivity contribution in [3.63, 3.8) is 0 Å². The largest absolute Gasteiger partial charge is 0.481 e. The van der Waals surface area contributed by atoms with Gasteiger partial charge in [0.25, 0.3) is 5.91 Å². The van der Waals surface area contributed by atoms with Crippen LogP contribution in [0.5, 0.6) is 5.88 Å². The van der Waals surface area contributed by atoms with Crippen LogP contribution in [0.25, 0.3) is 11.1 Å². The molecule has 5 nitrogen and oxygen atoms in total. The first-order valence-electron chi connectivity index (χ1n) is 12.1. The first-order chi connectivity index (χ1) is 18.5. The summed E-state index contributed by atoms with van der Waals surface area (Å²) < 4.78 is 14.5. The normalized spacial score (nSPS) is 12.9. The van der Waals surface area contributed by atoms with E-state index in [1.165, 1.54) is 0 Å². The minimum atomic E-state index is -0.241. The van der Waals surface area contributed by atoms with Gasteiger partial charge < -0.3 is 10.1 Å². The van der Waals surface area contributed by atoms with Gasteiger partial charge in [-0.1, -0.05) is 68.8 Å². The molecule has 8 heteroatoms. The van der Waals surface area contributed by atoms with E-state index in [0.717, 1.165) is 22.6 Å². The summed E-state index contributed by atoms with van der Waals surface area (Å²) in [6.07, 6.45) is 11.2. The fourth-order valence-electron chi connectivity index (χ4n) is 3.25. The second kappa shape index (κ2) is 18.7. The summed E-state index contributed by atoms with van der Waals surface area (Å²) in [5, 5.41) is 3.42. The zero-order valence-corrected chi connectivity index (χ0v) is 23.8. The summed E-state index contributed by atoms with van der Waals surface area (Å²) in [6, 6.07) is 16.8. The Kier molecular flexibility index (Phi) is 16.0. The maximum atomic E-state index is 12.7. The van der Waals surface area contributed by atoms with Crippen molar-refractivity contribution in [3.8, 4) is 17.0 Å². The van der Waals surface area contributed by atoms with Gasteiger partial charge in [-0.3, -0.25) is 14.2 Å². The van der Waals surface area contributed by atoms with Crippen molar-refractivity contribution in [2.24, 2.45) is 4.99 Å². The zero-order valence-electron chi connectivity index (χ0n) is 22.3. The SMILES string of the molecule is CC.CCCl.CF.COc1ccc(NC(=O)c2ccc(Cl)c(-c3ccc(C4C=CC=NC=C4)cc3)c2)cn1. The predicted molar refractivity (Wildman–Crippen MR) is 160 cm³/mol. The number of benzene rings is 2. The van der Waals surface area contributed by atoms with Gasteiger partial charge in [-0.15, -0.1) is 11.6 Å². The predicted octanol–water partition coefficient (Wildman–Crippen LogP) is 8.76. The number of rotatable bonds is 5. The van der Waals surface area contributed by atoms with Crippen molar-refractivity contribution >= 4 is 41.0 Å². The Balaban J connectivity index is 0.000000944. The second-order valence-electron chi connectivity index (χ2n) is 7.18. The fourth-order valence-corrected chi connectivity index (χ4v) is 3.48. The van der Waals surface area contributed by atoms with Gasteiger partial charge in [0.15, 0.2) is 0 Å². The van der Waals surface area contributed by atoms with Crippen molar-refractivity contribution in [1.29, 1.82) is 0 Å². The summed E-state index contributed by atoms with van der Waals surface area (Å²) >= 11 is 11.4. The van der Waals surface area contributed by atoms with E-state index in [4.69, 9.17) is 27.9 Å². The number of carbonyl (C=O) groups is 1. The number of hydrogen-bond acceptors (Lipinski definition) is 4. The van der Waals surface area contributed by atoms with Crippen LogP contribution in [0.3, 0.4) is 0 Å². The number of aliphatic imine (C=N–C) groups is 1. The Morgan fingerprint density at radius 3 is 2.34 bits per heavy atom. The van der Waals surface area contributed by atoms with E-state index in [2.05, 4.69) is 33.5 Å². The molecule has 202 valence electrons. The zero-order chi connectivity index (χ0) is 28.3. The minimum Gasteiger partial charge on any atom is -0.481 e. The van der Waals surface area contributed by atoms with Crippen molar-refractivity contribution in [2.45, 2.75) is 26.7 Å². The number of allylic oxidation sites excluding steroid dienone is 3. The molecule has 1 aliphatic rings. The lowest BCUT2D eigenvalue weighted by atomic mass is 9.95. The number of ether oxygens (including phenoxy) is 1. The number of anilines is 1. The molecule has 1 unspecified atom stereocenters. The molecule has 4 rings (SSSR count). The van der Waals surface area contributed by atoms with E-state index in [0.29, 0.717) is 29.3 Å². The van der Waals surface area contributed by atoms with Crippen molar-refractivity contribution < 1.29 is 13.9 Å². The second-order valence-corrected chi connectivity index (χ2v) is 8.12. The lowest BCUT2D eigenvalue weighted by Gasteiger charge is -2.11. The van der Waals surface area contributed by atoms with E-state index < -0.39 is 0 Å². The summed E-state index contributed by atoms with van der Waals surface area (Å²) in [7, 11) is 2.04. The van der Waals surface area contributed by atoms with Crippen LogP contribution in [-0.4, -0.2) is 37.3 Å². The van der Waals surface area contributed by atoms with Crippen LogP contribution in [0.15, 0.2) is 90.2 Å². The molecule has 1 aromatic heterocycles. The van der Waals surface area contributed by atoms with Crippen LogP contribution in [-0.2, 0) is 0 Å². The molecule has 0 fully saturated rings. The Morgan fingerprint density at radius 1 is 1.05 bits per heavy atom. The number of carbonyl (C=O) groups excluding carboxylic acids is 1. The average Bonchev–Trinajstić information content (AvgIpc) is 3.26. The van der Waals surface area contributed by atoms with Gasteiger partial charge >= 0.3 is 0 Å². The molecule has 3 aromatic rings. The molecule has 0 aliphatic carbocycles. The number of nitrogens with zero attached hydrogens (tertiary/aromatic N) is 2. The molecule has 1 aliphatic heterocycles. The maximum absolute atomic E-state index is 12.7. The van der Waals surface area contributed by atoms with Crippen LogP contribution in [0.4, 0.5) is 10.1 Å². The Hall–Kier alpha value is -3.48. The summed E-state index contributed by atoms with van der Waals surface area (Å²) in [5.74, 6) is 1.13. The monoisotopic (exact) mass is 557 g/mol. The lowest BCUT2D eigenvalue weighted by molar-refractivity contribution is 0.102. The number of alkyl halides is 2. The number of aromatic nitrogens is 1. The van der Waals surface area contributed by atoms with Gasteiger partial charge in [-0.25, -0.2) is 4.98 Å². The molecular weight excluding hydrogens is 524 g/mol.